The quantitative estimate of drug-likeness (QED) is 0.326. The molecule has 140 valence electrons. The molecule has 0 aliphatic rings. The van der Waals surface area contributed by atoms with Crippen molar-refractivity contribution in [1.82, 2.24) is 15.2 Å². The summed E-state index contributed by atoms with van der Waals surface area (Å²) in [7, 11) is 0. The van der Waals surface area contributed by atoms with Crippen LogP contribution in [0.2, 0.25) is 0 Å². The number of H-pyrrole nitrogens is 1. The van der Waals surface area contributed by atoms with Gasteiger partial charge >= 0.3 is 5.63 Å². The summed E-state index contributed by atoms with van der Waals surface area (Å²) in [6.07, 6.45) is 3.59. The van der Waals surface area contributed by atoms with Crippen molar-refractivity contribution in [1.29, 1.82) is 0 Å². The molecule has 0 spiro atoms. The number of nitrogens with zero attached hydrogens (tertiary/aromatic N) is 2. The van der Waals surface area contributed by atoms with E-state index in [0.29, 0.717) is 22.3 Å². The summed E-state index contributed by atoms with van der Waals surface area (Å²) < 4.78 is 19.0. The molecule has 0 aliphatic heterocycles. The van der Waals surface area contributed by atoms with Crippen LogP contribution in [0.5, 0.6) is 0 Å². The van der Waals surface area contributed by atoms with Crippen LogP contribution in [0.1, 0.15) is 17.0 Å². The van der Waals surface area contributed by atoms with E-state index in [2.05, 4.69) is 31.1 Å². The van der Waals surface area contributed by atoms with Crippen molar-refractivity contribution >= 4 is 50.8 Å². The van der Waals surface area contributed by atoms with Crippen molar-refractivity contribution in [2.75, 3.05) is 0 Å². The van der Waals surface area contributed by atoms with Gasteiger partial charge < -0.3 is 4.42 Å². The van der Waals surface area contributed by atoms with Crippen LogP contribution in [0.4, 0.5) is 4.39 Å². The summed E-state index contributed by atoms with van der Waals surface area (Å²) >= 11 is 4.80. The summed E-state index contributed by atoms with van der Waals surface area (Å²) in [6.45, 7) is 0. The number of hydrogen-bond donors (Lipinski definition) is 1. The normalized spacial score (nSPS) is 11.5. The number of benzene rings is 2. The molecule has 28 heavy (non-hydrogen) atoms. The molecule has 0 fully saturated rings. The minimum absolute atomic E-state index is 0.273. The van der Waals surface area contributed by atoms with Crippen LogP contribution in [0.25, 0.3) is 23.1 Å². The third kappa shape index (κ3) is 4.40. The molecule has 0 bridgehead atoms. The molecule has 0 radical (unpaired) electrons. The summed E-state index contributed by atoms with van der Waals surface area (Å²) in [5.41, 5.74) is 1.87. The highest BCUT2D eigenvalue weighted by atomic mass is 79.9. The average molecular weight is 458 g/mol. The molecule has 0 aliphatic carbocycles. The number of thioether (sulfide) groups is 1. The van der Waals surface area contributed by atoms with Gasteiger partial charge in [0.25, 0.3) is 0 Å². The van der Waals surface area contributed by atoms with Gasteiger partial charge in [-0.2, -0.15) is 0 Å². The summed E-state index contributed by atoms with van der Waals surface area (Å²) in [4.78, 5) is 16.2. The maximum atomic E-state index is 12.9. The van der Waals surface area contributed by atoms with E-state index in [1.165, 1.54) is 30.0 Å². The lowest BCUT2D eigenvalue weighted by Gasteiger charge is -2.04. The topological polar surface area (TPSA) is 71.8 Å². The molecule has 0 amide bonds. The molecule has 1 N–H and O–H groups in total. The fraction of sp³-hybridized carbons (Fsp3) is 0.0500. The maximum Gasteiger partial charge on any atom is 0.336 e. The Kier molecular flexibility index (Phi) is 5.40. The first-order chi connectivity index (χ1) is 13.6. The van der Waals surface area contributed by atoms with Gasteiger partial charge in [0.1, 0.15) is 17.2 Å². The second-order valence-corrected chi connectivity index (χ2v) is 7.77. The Morgan fingerprint density at radius 2 is 1.96 bits per heavy atom. The van der Waals surface area contributed by atoms with E-state index in [-0.39, 0.29) is 11.4 Å². The first-order valence-corrected chi connectivity index (χ1v) is 10.1. The molecule has 4 aromatic rings. The zero-order chi connectivity index (χ0) is 19.5. The van der Waals surface area contributed by atoms with E-state index in [4.69, 9.17) is 4.42 Å². The number of aromatic amines is 1. The van der Waals surface area contributed by atoms with E-state index in [1.807, 2.05) is 18.2 Å². The Morgan fingerprint density at radius 3 is 2.79 bits per heavy atom. The highest BCUT2D eigenvalue weighted by Gasteiger charge is 2.09. The van der Waals surface area contributed by atoms with Crippen molar-refractivity contribution in [3.8, 4) is 0 Å². The molecule has 8 heteroatoms. The highest BCUT2D eigenvalue weighted by Crippen LogP contribution is 2.26. The minimum atomic E-state index is -0.390. The lowest BCUT2D eigenvalue weighted by molar-refractivity contribution is 0.559. The van der Waals surface area contributed by atoms with Crippen LogP contribution in [-0.4, -0.2) is 15.2 Å². The fourth-order valence-corrected chi connectivity index (χ4v) is 3.75. The van der Waals surface area contributed by atoms with Crippen LogP contribution < -0.4 is 5.63 Å². The van der Waals surface area contributed by atoms with Crippen LogP contribution in [0.3, 0.4) is 0 Å². The fourth-order valence-electron chi connectivity index (χ4n) is 2.61. The molecule has 2 aromatic heterocycles. The number of nitrogens with one attached hydrogen (secondary N) is 1. The molecule has 0 saturated heterocycles. The van der Waals surface area contributed by atoms with Crippen LogP contribution >= 0.6 is 27.7 Å². The second-order valence-electron chi connectivity index (χ2n) is 5.91. The first-order valence-electron chi connectivity index (χ1n) is 8.28. The predicted octanol–water partition coefficient (Wildman–Crippen LogP) is 5.28. The van der Waals surface area contributed by atoms with Crippen LogP contribution in [-0.2, 0) is 5.75 Å². The van der Waals surface area contributed by atoms with Gasteiger partial charge in [-0.3, -0.25) is 5.10 Å². The number of rotatable bonds is 5. The first kappa shape index (κ1) is 18.6. The Bertz CT molecular complexity index is 1220. The third-order valence-electron chi connectivity index (χ3n) is 3.93. The molecular formula is C20H13BrFN3O2S. The Labute approximate surface area is 171 Å². The molecular weight excluding hydrogens is 445 g/mol. The Hall–Kier alpha value is -2.71. The van der Waals surface area contributed by atoms with Crippen molar-refractivity contribution in [3.05, 3.63) is 86.2 Å². The highest BCUT2D eigenvalue weighted by molar-refractivity contribution is 9.10. The number of halogens is 2. The minimum Gasteiger partial charge on any atom is -0.423 e. The van der Waals surface area contributed by atoms with E-state index in [0.717, 1.165) is 21.0 Å². The van der Waals surface area contributed by atoms with Crippen molar-refractivity contribution in [2.45, 2.75) is 10.9 Å². The molecule has 0 unspecified atom stereocenters. The molecule has 2 heterocycles. The Balaban J connectivity index is 1.48. The smallest absolute Gasteiger partial charge is 0.336 e. The molecule has 4 rings (SSSR count). The van der Waals surface area contributed by atoms with Crippen LogP contribution in [0, 0.1) is 5.82 Å². The molecule has 2 aromatic carbocycles. The second kappa shape index (κ2) is 8.12. The number of aromatic nitrogens is 3. The van der Waals surface area contributed by atoms with Gasteiger partial charge in [-0.1, -0.05) is 45.9 Å². The summed E-state index contributed by atoms with van der Waals surface area (Å²) in [5.74, 6) is 0.849. The van der Waals surface area contributed by atoms with Crippen molar-refractivity contribution < 1.29 is 8.81 Å². The molecule has 0 atom stereocenters. The lowest BCUT2D eigenvalue weighted by Crippen LogP contribution is -1.99. The van der Waals surface area contributed by atoms with Gasteiger partial charge in [-0.15, -0.1) is 5.10 Å². The van der Waals surface area contributed by atoms with Crippen LogP contribution in [0.15, 0.2) is 67.4 Å². The molecule has 5 nitrogen and oxygen atoms in total. The van der Waals surface area contributed by atoms with E-state index >= 15 is 0 Å². The van der Waals surface area contributed by atoms with Gasteiger partial charge in [0.05, 0.1) is 0 Å². The van der Waals surface area contributed by atoms with E-state index < -0.39 is 0 Å². The standard InChI is InChI=1S/C20H13BrFN3O2S/c21-14-4-7-16-13(9-19(26)27-17(16)10-14)11-28-20-23-18(24-25-20)8-3-12-1-5-15(22)6-2-12/h1-10H,11H2,(H,23,24,25)/b8-3+. The number of fused-ring (bicyclic) bond motifs is 1. The zero-order valence-corrected chi connectivity index (χ0v) is 16.8. The van der Waals surface area contributed by atoms with E-state index in [1.54, 1.807) is 24.3 Å². The largest absolute Gasteiger partial charge is 0.423 e. The average Bonchev–Trinajstić information content (AvgIpc) is 3.13. The van der Waals surface area contributed by atoms with Gasteiger partial charge in [-0.25, -0.2) is 14.2 Å². The van der Waals surface area contributed by atoms with E-state index in [9.17, 15) is 9.18 Å². The summed E-state index contributed by atoms with van der Waals surface area (Å²) in [6, 6.07) is 13.3. The zero-order valence-electron chi connectivity index (χ0n) is 14.4. The maximum absolute atomic E-state index is 12.9. The van der Waals surface area contributed by atoms with Gasteiger partial charge in [0.2, 0.25) is 5.16 Å². The monoisotopic (exact) mass is 457 g/mol. The lowest BCUT2D eigenvalue weighted by atomic mass is 10.1. The SMILES string of the molecule is O=c1cc(CSc2n[nH]c(/C=C/c3ccc(F)cc3)n2)c2ccc(Br)cc2o1. The van der Waals surface area contributed by atoms with Gasteiger partial charge in [0, 0.05) is 21.7 Å². The number of hydrogen-bond acceptors (Lipinski definition) is 5. The van der Waals surface area contributed by atoms with Crippen molar-refractivity contribution in [2.24, 2.45) is 0 Å². The summed E-state index contributed by atoms with van der Waals surface area (Å²) in [5, 5.41) is 8.48. The van der Waals surface area contributed by atoms with Gasteiger partial charge in [-0.05, 0) is 47.5 Å². The van der Waals surface area contributed by atoms with Crippen molar-refractivity contribution in [3.63, 3.8) is 0 Å². The third-order valence-corrected chi connectivity index (χ3v) is 5.32. The van der Waals surface area contributed by atoms with Gasteiger partial charge in [0.15, 0.2) is 0 Å². The Morgan fingerprint density at radius 1 is 1.14 bits per heavy atom. The molecule has 0 saturated carbocycles. The predicted molar refractivity (Wildman–Crippen MR) is 111 cm³/mol.